The largest absolute Gasteiger partial charge is 0.481 e. The number of aliphatic carboxylic acids is 1. The molecule has 0 spiro atoms. The Kier molecular flexibility index (Phi) is 5.29. The summed E-state index contributed by atoms with van der Waals surface area (Å²) < 4.78 is 0. The molecule has 1 aliphatic heterocycles. The van der Waals surface area contributed by atoms with Crippen molar-refractivity contribution in [1.29, 1.82) is 0 Å². The summed E-state index contributed by atoms with van der Waals surface area (Å²) in [4.78, 5) is 35.2. The standard InChI is InChI=1S/C12H21N3O4/c1-7(2)11(13)12(19)14-4-9(16)15-5-8(6-15)3-10(17)18/h7-8,11H,3-6,13H2,1-2H3,(H,14,19)(H,17,18)/t11-/m0/s1. The van der Waals surface area contributed by atoms with Gasteiger partial charge in [0.15, 0.2) is 0 Å². The molecule has 7 nitrogen and oxygen atoms in total. The summed E-state index contributed by atoms with van der Waals surface area (Å²) in [5.74, 6) is -1.36. The lowest BCUT2D eigenvalue weighted by Gasteiger charge is -2.38. The van der Waals surface area contributed by atoms with Gasteiger partial charge in [-0.2, -0.15) is 0 Å². The summed E-state index contributed by atoms with van der Waals surface area (Å²) in [6, 6.07) is -0.621. The van der Waals surface area contributed by atoms with Gasteiger partial charge >= 0.3 is 5.97 Å². The van der Waals surface area contributed by atoms with E-state index in [0.717, 1.165) is 0 Å². The van der Waals surface area contributed by atoms with E-state index in [9.17, 15) is 14.4 Å². The van der Waals surface area contributed by atoms with E-state index in [4.69, 9.17) is 10.8 Å². The number of nitrogens with one attached hydrogen (secondary N) is 1. The zero-order chi connectivity index (χ0) is 14.6. The van der Waals surface area contributed by atoms with Crippen molar-refractivity contribution in [3.8, 4) is 0 Å². The lowest BCUT2D eigenvalue weighted by atomic mass is 9.96. The molecule has 19 heavy (non-hydrogen) atoms. The van der Waals surface area contributed by atoms with Gasteiger partial charge in [0, 0.05) is 19.0 Å². The highest BCUT2D eigenvalue weighted by atomic mass is 16.4. The predicted molar refractivity (Wildman–Crippen MR) is 68.1 cm³/mol. The first-order valence-electron chi connectivity index (χ1n) is 6.34. The molecule has 108 valence electrons. The Balaban J connectivity index is 2.23. The van der Waals surface area contributed by atoms with Crippen LogP contribution in [0.15, 0.2) is 0 Å². The maximum Gasteiger partial charge on any atom is 0.303 e. The van der Waals surface area contributed by atoms with E-state index < -0.39 is 12.0 Å². The third kappa shape index (κ3) is 4.51. The normalized spacial score (nSPS) is 16.9. The van der Waals surface area contributed by atoms with Crippen LogP contribution in [0.3, 0.4) is 0 Å². The van der Waals surface area contributed by atoms with E-state index in [1.165, 1.54) is 4.90 Å². The van der Waals surface area contributed by atoms with Crippen LogP contribution in [0, 0.1) is 11.8 Å². The van der Waals surface area contributed by atoms with Gasteiger partial charge in [0.1, 0.15) is 0 Å². The highest BCUT2D eigenvalue weighted by molar-refractivity contribution is 5.87. The van der Waals surface area contributed by atoms with Crippen LogP contribution in [-0.2, 0) is 14.4 Å². The Morgan fingerprint density at radius 1 is 1.37 bits per heavy atom. The number of likely N-dealkylation sites (tertiary alicyclic amines) is 1. The number of nitrogens with two attached hydrogens (primary N) is 1. The summed E-state index contributed by atoms with van der Waals surface area (Å²) in [6.07, 6.45) is 0.0777. The van der Waals surface area contributed by atoms with Crippen LogP contribution in [0.1, 0.15) is 20.3 Å². The monoisotopic (exact) mass is 271 g/mol. The molecule has 1 atom stereocenters. The maximum atomic E-state index is 11.7. The summed E-state index contributed by atoms with van der Waals surface area (Å²) >= 11 is 0. The van der Waals surface area contributed by atoms with E-state index in [0.29, 0.717) is 13.1 Å². The fourth-order valence-corrected chi connectivity index (χ4v) is 1.84. The van der Waals surface area contributed by atoms with Crippen molar-refractivity contribution in [2.75, 3.05) is 19.6 Å². The number of rotatable bonds is 6. The molecule has 0 aromatic rings. The molecular weight excluding hydrogens is 250 g/mol. The lowest BCUT2D eigenvalue weighted by Crippen LogP contribution is -2.54. The number of amides is 2. The van der Waals surface area contributed by atoms with Crippen LogP contribution in [0.5, 0.6) is 0 Å². The van der Waals surface area contributed by atoms with Crippen molar-refractivity contribution in [3.05, 3.63) is 0 Å². The first-order chi connectivity index (χ1) is 8.81. The molecule has 0 aromatic carbocycles. The summed E-state index contributed by atoms with van der Waals surface area (Å²) in [7, 11) is 0. The molecule has 1 rings (SSSR count). The van der Waals surface area contributed by atoms with Crippen molar-refractivity contribution in [2.45, 2.75) is 26.3 Å². The highest BCUT2D eigenvalue weighted by Gasteiger charge is 2.32. The minimum atomic E-state index is -0.853. The van der Waals surface area contributed by atoms with E-state index in [2.05, 4.69) is 5.32 Å². The molecule has 0 unspecified atom stereocenters. The van der Waals surface area contributed by atoms with Crippen LogP contribution in [-0.4, -0.2) is 53.5 Å². The van der Waals surface area contributed by atoms with Gasteiger partial charge in [0.25, 0.3) is 0 Å². The molecule has 0 radical (unpaired) electrons. The van der Waals surface area contributed by atoms with E-state index >= 15 is 0 Å². The zero-order valence-electron chi connectivity index (χ0n) is 11.3. The molecule has 4 N–H and O–H groups in total. The van der Waals surface area contributed by atoms with Gasteiger partial charge in [-0.05, 0) is 5.92 Å². The minimum Gasteiger partial charge on any atom is -0.481 e. The first-order valence-corrected chi connectivity index (χ1v) is 6.34. The van der Waals surface area contributed by atoms with E-state index in [1.54, 1.807) is 0 Å². The molecule has 0 aliphatic carbocycles. The van der Waals surface area contributed by atoms with E-state index in [-0.39, 0.29) is 36.6 Å². The number of carbonyl (C=O) groups excluding carboxylic acids is 2. The average Bonchev–Trinajstić information content (AvgIpc) is 2.28. The van der Waals surface area contributed by atoms with Gasteiger partial charge in [-0.3, -0.25) is 14.4 Å². The third-order valence-corrected chi connectivity index (χ3v) is 3.21. The second kappa shape index (κ2) is 6.51. The molecule has 0 bridgehead atoms. The van der Waals surface area contributed by atoms with Gasteiger partial charge in [-0.25, -0.2) is 0 Å². The maximum absolute atomic E-state index is 11.7. The Labute approximate surface area is 112 Å². The van der Waals surface area contributed by atoms with Crippen molar-refractivity contribution >= 4 is 17.8 Å². The van der Waals surface area contributed by atoms with Gasteiger partial charge in [-0.15, -0.1) is 0 Å². The quantitative estimate of drug-likeness (QED) is 0.574. The fraction of sp³-hybridized carbons (Fsp3) is 0.750. The molecule has 1 aliphatic rings. The number of nitrogens with zero attached hydrogens (tertiary/aromatic N) is 1. The molecule has 0 saturated carbocycles. The smallest absolute Gasteiger partial charge is 0.303 e. The number of carboxylic acids is 1. The van der Waals surface area contributed by atoms with Gasteiger partial charge in [0.05, 0.1) is 19.0 Å². The van der Waals surface area contributed by atoms with Crippen molar-refractivity contribution < 1.29 is 19.5 Å². The fourth-order valence-electron chi connectivity index (χ4n) is 1.84. The molecular formula is C12H21N3O4. The molecule has 7 heteroatoms. The Morgan fingerprint density at radius 3 is 2.42 bits per heavy atom. The van der Waals surface area contributed by atoms with Gasteiger partial charge in [0.2, 0.25) is 11.8 Å². The molecule has 1 heterocycles. The SMILES string of the molecule is CC(C)[C@H](N)C(=O)NCC(=O)N1CC(CC(=O)O)C1. The van der Waals surface area contributed by atoms with Crippen LogP contribution in [0.2, 0.25) is 0 Å². The van der Waals surface area contributed by atoms with Crippen LogP contribution in [0.4, 0.5) is 0 Å². The Bertz CT molecular complexity index is 364. The number of carbonyl (C=O) groups is 3. The topological polar surface area (TPSA) is 113 Å². The second-order valence-corrected chi connectivity index (χ2v) is 5.25. The Hall–Kier alpha value is -1.63. The number of hydrogen-bond donors (Lipinski definition) is 3. The molecule has 0 aromatic heterocycles. The molecule has 2 amide bonds. The van der Waals surface area contributed by atoms with Crippen LogP contribution < -0.4 is 11.1 Å². The minimum absolute atomic E-state index is 0.0130. The molecule has 1 saturated heterocycles. The summed E-state index contributed by atoms with van der Waals surface area (Å²) in [6.45, 7) is 4.46. The highest BCUT2D eigenvalue weighted by Crippen LogP contribution is 2.18. The molecule has 1 fully saturated rings. The number of hydrogen-bond acceptors (Lipinski definition) is 4. The lowest BCUT2D eigenvalue weighted by molar-refractivity contribution is -0.145. The summed E-state index contributed by atoms with van der Waals surface area (Å²) in [5.41, 5.74) is 5.64. The van der Waals surface area contributed by atoms with Gasteiger partial charge < -0.3 is 21.1 Å². The average molecular weight is 271 g/mol. The van der Waals surface area contributed by atoms with Crippen LogP contribution >= 0.6 is 0 Å². The third-order valence-electron chi connectivity index (χ3n) is 3.21. The first kappa shape index (κ1) is 15.4. The van der Waals surface area contributed by atoms with Crippen molar-refractivity contribution in [3.63, 3.8) is 0 Å². The van der Waals surface area contributed by atoms with Crippen molar-refractivity contribution in [2.24, 2.45) is 17.6 Å². The summed E-state index contributed by atoms with van der Waals surface area (Å²) in [5, 5.41) is 11.1. The Morgan fingerprint density at radius 2 is 1.95 bits per heavy atom. The predicted octanol–water partition coefficient (Wildman–Crippen LogP) is -0.981. The zero-order valence-corrected chi connectivity index (χ0v) is 11.3. The second-order valence-electron chi connectivity index (χ2n) is 5.25. The van der Waals surface area contributed by atoms with Crippen molar-refractivity contribution in [1.82, 2.24) is 10.2 Å². The van der Waals surface area contributed by atoms with Gasteiger partial charge in [-0.1, -0.05) is 13.8 Å². The van der Waals surface area contributed by atoms with E-state index in [1.807, 2.05) is 13.8 Å². The van der Waals surface area contributed by atoms with Crippen LogP contribution in [0.25, 0.3) is 0 Å². The number of carboxylic acid groups (broad SMARTS) is 1.